The van der Waals surface area contributed by atoms with Gasteiger partial charge in [-0.15, -0.1) is 0 Å². The van der Waals surface area contributed by atoms with Crippen LogP contribution in [0.2, 0.25) is 0 Å². The van der Waals surface area contributed by atoms with E-state index < -0.39 is 22.8 Å². The summed E-state index contributed by atoms with van der Waals surface area (Å²) >= 11 is 0. The van der Waals surface area contributed by atoms with E-state index >= 15 is 0 Å². The molecule has 2 atom stereocenters. The molecule has 0 aliphatic rings. The highest BCUT2D eigenvalue weighted by molar-refractivity contribution is 5.43. The molecule has 19 heavy (non-hydrogen) atoms. The maximum atomic E-state index is 10.8. The van der Waals surface area contributed by atoms with Gasteiger partial charge >= 0.3 is 5.69 Å². The van der Waals surface area contributed by atoms with E-state index in [9.17, 15) is 20.3 Å². The lowest BCUT2D eigenvalue weighted by Crippen LogP contribution is -2.21. The summed E-state index contributed by atoms with van der Waals surface area (Å²) in [6, 6.07) is 1.04. The minimum Gasteiger partial charge on any atom is -0.476 e. The quantitative estimate of drug-likeness (QED) is 0.254. The van der Waals surface area contributed by atoms with Crippen LogP contribution < -0.4 is 4.74 Å². The lowest BCUT2D eigenvalue weighted by Gasteiger charge is -2.15. The number of aromatic nitrogens is 1. The first-order valence-electron chi connectivity index (χ1n) is 5.06. The Kier molecular flexibility index (Phi) is 5.01. The minimum absolute atomic E-state index is 0.0214. The predicted molar refractivity (Wildman–Crippen MR) is 62.4 cm³/mol. The van der Waals surface area contributed by atoms with Gasteiger partial charge in [0.25, 0.3) is 5.88 Å². The summed E-state index contributed by atoms with van der Waals surface area (Å²) in [5.41, 5.74) is 7.69. The summed E-state index contributed by atoms with van der Waals surface area (Å²) in [5, 5.41) is 33.1. The number of azide groups is 1. The van der Waals surface area contributed by atoms with Crippen molar-refractivity contribution in [1.82, 2.24) is 4.98 Å². The minimum atomic E-state index is -1.46. The molecule has 1 aromatic heterocycles. The van der Waals surface area contributed by atoms with Gasteiger partial charge in [0.1, 0.15) is 6.10 Å². The molecule has 2 N–H and O–H groups in total. The Morgan fingerprint density at radius 2 is 2.37 bits per heavy atom. The number of methoxy groups -OCH3 is 1. The highest BCUT2D eigenvalue weighted by Gasteiger charge is 2.23. The van der Waals surface area contributed by atoms with Gasteiger partial charge in [-0.2, -0.15) is 0 Å². The van der Waals surface area contributed by atoms with Crippen molar-refractivity contribution in [1.29, 1.82) is 0 Å². The standard InChI is InChI=1S/C9H11N5O5/c1-19-9-6(14(17)18)2-5(3-11-9)8(16)7(15)4-12-13-10/h2-3,7-8,15-16H,4H2,1H3. The monoisotopic (exact) mass is 269 g/mol. The molecule has 0 saturated heterocycles. The maximum Gasteiger partial charge on any atom is 0.331 e. The largest absolute Gasteiger partial charge is 0.476 e. The Labute approximate surface area is 107 Å². The van der Waals surface area contributed by atoms with Crippen LogP contribution >= 0.6 is 0 Å². The molecule has 0 radical (unpaired) electrons. The second-order valence-electron chi connectivity index (χ2n) is 3.48. The molecule has 2 unspecified atom stereocenters. The SMILES string of the molecule is COc1ncc(C(O)C(O)CN=[N+]=[N-])cc1[N+](=O)[O-]. The third kappa shape index (κ3) is 3.52. The maximum absolute atomic E-state index is 10.8. The fourth-order valence-electron chi connectivity index (χ4n) is 1.35. The first-order valence-corrected chi connectivity index (χ1v) is 5.06. The topological polar surface area (TPSA) is 154 Å². The number of hydrogen-bond donors (Lipinski definition) is 2. The van der Waals surface area contributed by atoms with Crippen LogP contribution in [0.5, 0.6) is 5.88 Å². The molecule has 0 spiro atoms. The van der Waals surface area contributed by atoms with E-state index in [-0.39, 0.29) is 18.0 Å². The first-order chi connectivity index (χ1) is 9.01. The van der Waals surface area contributed by atoms with Crippen molar-refractivity contribution in [2.45, 2.75) is 12.2 Å². The molecule has 1 heterocycles. The second-order valence-corrected chi connectivity index (χ2v) is 3.48. The summed E-state index contributed by atoms with van der Waals surface area (Å²) < 4.78 is 4.70. The van der Waals surface area contributed by atoms with Crippen LogP contribution in [-0.2, 0) is 0 Å². The molecule has 102 valence electrons. The van der Waals surface area contributed by atoms with Crippen LogP contribution in [-0.4, -0.2) is 39.9 Å². The Bertz CT molecular complexity index is 516. The van der Waals surface area contributed by atoms with E-state index in [4.69, 9.17) is 10.3 Å². The Balaban J connectivity index is 3.04. The second kappa shape index (κ2) is 6.50. The van der Waals surface area contributed by atoms with E-state index in [1.165, 1.54) is 7.11 Å². The van der Waals surface area contributed by atoms with Crippen molar-refractivity contribution in [2.24, 2.45) is 5.11 Å². The lowest BCUT2D eigenvalue weighted by atomic mass is 10.1. The van der Waals surface area contributed by atoms with Crippen LogP contribution in [0.3, 0.4) is 0 Å². The molecule has 0 saturated carbocycles. The van der Waals surface area contributed by atoms with Crippen LogP contribution in [0.1, 0.15) is 11.7 Å². The highest BCUT2D eigenvalue weighted by Crippen LogP contribution is 2.28. The fraction of sp³-hybridized carbons (Fsp3) is 0.444. The van der Waals surface area contributed by atoms with Gasteiger partial charge in [-0.05, 0) is 5.53 Å². The number of pyridine rings is 1. The zero-order valence-electron chi connectivity index (χ0n) is 9.87. The van der Waals surface area contributed by atoms with Gasteiger partial charge in [0.05, 0.1) is 24.7 Å². The molecule has 0 aromatic carbocycles. The van der Waals surface area contributed by atoms with E-state index in [0.29, 0.717) is 0 Å². The van der Waals surface area contributed by atoms with Gasteiger partial charge in [0.2, 0.25) is 0 Å². The number of rotatable bonds is 6. The summed E-state index contributed by atoms with van der Waals surface area (Å²) in [4.78, 5) is 16.2. The van der Waals surface area contributed by atoms with Crippen molar-refractivity contribution in [3.8, 4) is 5.88 Å². The molecule has 0 amide bonds. The number of aliphatic hydroxyl groups is 2. The molecule has 10 heteroatoms. The number of hydrogen-bond acceptors (Lipinski definition) is 7. The normalized spacial score (nSPS) is 13.2. The molecule has 0 fully saturated rings. The predicted octanol–water partition coefficient (Wildman–Crippen LogP) is 0.703. The molecule has 0 aliphatic carbocycles. The molecule has 10 nitrogen and oxygen atoms in total. The average molecular weight is 269 g/mol. The summed E-state index contributed by atoms with van der Waals surface area (Å²) in [6.07, 6.45) is -1.70. The van der Waals surface area contributed by atoms with Gasteiger partial charge in [-0.25, -0.2) is 4.98 Å². The number of aliphatic hydroxyl groups excluding tert-OH is 2. The fourth-order valence-corrected chi connectivity index (χ4v) is 1.35. The first kappa shape index (κ1) is 14.6. The lowest BCUT2D eigenvalue weighted by molar-refractivity contribution is -0.386. The van der Waals surface area contributed by atoms with Crippen molar-refractivity contribution in [3.63, 3.8) is 0 Å². The van der Waals surface area contributed by atoms with Crippen molar-refractivity contribution >= 4 is 5.69 Å². The third-order valence-corrected chi connectivity index (χ3v) is 2.28. The van der Waals surface area contributed by atoms with E-state index in [2.05, 4.69) is 15.0 Å². The summed E-state index contributed by atoms with van der Waals surface area (Å²) in [6.45, 7) is -0.364. The van der Waals surface area contributed by atoms with Crippen molar-refractivity contribution < 1.29 is 19.9 Å². The molecule has 1 aromatic rings. The summed E-state index contributed by atoms with van der Waals surface area (Å²) in [5.74, 6) is -0.203. The van der Waals surface area contributed by atoms with Crippen LogP contribution in [0.25, 0.3) is 10.4 Å². The van der Waals surface area contributed by atoms with Crippen LogP contribution in [0.4, 0.5) is 5.69 Å². The average Bonchev–Trinajstić information content (AvgIpc) is 2.42. The third-order valence-electron chi connectivity index (χ3n) is 2.28. The van der Waals surface area contributed by atoms with Gasteiger partial charge in [0, 0.05) is 22.7 Å². The van der Waals surface area contributed by atoms with Crippen LogP contribution in [0.15, 0.2) is 17.4 Å². The Morgan fingerprint density at radius 3 is 2.89 bits per heavy atom. The van der Waals surface area contributed by atoms with Gasteiger partial charge in [-0.1, -0.05) is 5.11 Å². The van der Waals surface area contributed by atoms with Crippen molar-refractivity contribution in [2.75, 3.05) is 13.7 Å². The van der Waals surface area contributed by atoms with Gasteiger partial charge in [0.15, 0.2) is 0 Å². The zero-order chi connectivity index (χ0) is 14.4. The number of nitrogens with zero attached hydrogens (tertiary/aromatic N) is 5. The number of ether oxygens (including phenoxy) is 1. The van der Waals surface area contributed by atoms with Crippen LogP contribution in [0, 0.1) is 10.1 Å². The molecular weight excluding hydrogens is 258 g/mol. The van der Waals surface area contributed by atoms with Gasteiger partial charge < -0.3 is 14.9 Å². The van der Waals surface area contributed by atoms with Crippen molar-refractivity contribution in [3.05, 3.63) is 38.4 Å². The van der Waals surface area contributed by atoms with Gasteiger partial charge in [-0.3, -0.25) is 10.1 Å². The Hall–Kier alpha value is -2.42. The highest BCUT2D eigenvalue weighted by atomic mass is 16.6. The molecular formula is C9H11N5O5. The molecule has 1 rings (SSSR count). The van der Waals surface area contributed by atoms with E-state index in [1.54, 1.807) is 0 Å². The number of nitro groups is 1. The smallest absolute Gasteiger partial charge is 0.331 e. The molecule has 0 bridgehead atoms. The Morgan fingerprint density at radius 1 is 1.68 bits per heavy atom. The molecule has 0 aliphatic heterocycles. The summed E-state index contributed by atoms with van der Waals surface area (Å²) in [7, 11) is 1.22. The van der Waals surface area contributed by atoms with E-state index in [1.807, 2.05) is 0 Å². The zero-order valence-corrected chi connectivity index (χ0v) is 9.87. The van der Waals surface area contributed by atoms with E-state index in [0.717, 1.165) is 12.3 Å².